The van der Waals surface area contributed by atoms with Crippen LogP contribution in [0.25, 0.3) is 6.08 Å². The Morgan fingerprint density at radius 2 is 1.50 bits per heavy atom. The van der Waals surface area contributed by atoms with E-state index in [1.54, 1.807) is 30.3 Å². The Morgan fingerprint density at radius 3 is 2.15 bits per heavy atom. The SMILES string of the molecule is CCC(Sc1cccc(NC(=O)/C=C/c2ccccc2)c1)C(=O)Nc1ccc(NC(C)=O)cc1. The van der Waals surface area contributed by atoms with Crippen LogP contribution in [0.4, 0.5) is 17.1 Å². The van der Waals surface area contributed by atoms with Gasteiger partial charge in [-0.25, -0.2) is 0 Å². The topological polar surface area (TPSA) is 87.3 Å². The van der Waals surface area contributed by atoms with Gasteiger partial charge in [-0.05, 0) is 60.5 Å². The Kier molecular flexibility index (Phi) is 9.05. The Bertz CT molecular complexity index is 1160. The molecule has 3 aromatic carbocycles. The molecule has 0 aromatic heterocycles. The summed E-state index contributed by atoms with van der Waals surface area (Å²) >= 11 is 1.44. The molecule has 3 N–H and O–H groups in total. The highest BCUT2D eigenvalue weighted by Gasteiger charge is 2.18. The Labute approximate surface area is 203 Å². The monoisotopic (exact) mass is 473 g/mol. The van der Waals surface area contributed by atoms with E-state index in [9.17, 15) is 14.4 Å². The van der Waals surface area contributed by atoms with Gasteiger partial charge < -0.3 is 16.0 Å². The summed E-state index contributed by atoms with van der Waals surface area (Å²) in [6, 6.07) is 24.0. The molecule has 7 heteroatoms. The highest BCUT2D eigenvalue weighted by atomic mass is 32.2. The normalized spacial score (nSPS) is 11.6. The molecule has 3 amide bonds. The third kappa shape index (κ3) is 7.94. The zero-order valence-electron chi connectivity index (χ0n) is 19.1. The average molecular weight is 474 g/mol. The van der Waals surface area contributed by atoms with E-state index in [2.05, 4.69) is 16.0 Å². The molecular formula is C27H27N3O3S. The van der Waals surface area contributed by atoms with Crippen molar-refractivity contribution in [3.8, 4) is 0 Å². The number of hydrogen-bond acceptors (Lipinski definition) is 4. The number of anilines is 3. The molecule has 0 fully saturated rings. The largest absolute Gasteiger partial charge is 0.326 e. The Hall–Kier alpha value is -3.84. The quantitative estimate of drug-likeness (QED) is 0.270. The van der Waals surface area contributed by atoms with E-state index >= 15 is 0 Å². The number of nitrogens with one attached hydrogen (secondary N) is 3. The first-order chi connectivity index (χ1) is 16.4. The van der Waals surface area contributed by atoms with Crippen LogP contribution in [0.1, 0.15) is 25.8 Å². The summed E-state index contributed by atoms with van der Waals surface area (Å²) < 4.78 is 0. The number of hydrogen-bond donors (Lipinski definition) is 3. The van der Waals surface area contributed by atoms with Crippen LogP contribution in [0.15, 0.2) is 89.8 Å². The molecule has 1 unspecified atom stereocenters. The van der Waals surface area contributed by atoms with Crippen molar-refractivity contribution in [2.24, 2.45) is 0 Å². The first-order valence-electron chi connectivity index (χ1n) is 10.9. The molecule has 0 spiro atoms. The van der Waals surface area contributed by atoms with E-state index in [0.717, 1.165) is 10.5 Å². The van der Waals surface area contributed by atoms with Gasteiger partial charge in [0.2, 0.25) is 17.7 Å². The highest BCUT2D eigenvalue weighted by Crippen LogP contribution is 2.28. The third-order valence-corrected chi connectivity index (χ3v) is 6.10. The first-order valence-corrected chi connectivity index (χ1v) is 11.8. The number of thioether (sulfide) groups is 1. The van der Waals surface area contributed by atoms with E-state index in [4.69, 9.17) is 0 Å². The Morgan fingerprint density at radius 1 is 0.824 bits per heavy atom. The predicted molar refractivity (Wildman–Crippen MR) is 140 cm³/mol. The molecule has 0 aliphatic rings. The minimum absolute atomic E-state index is 0.111. The van der Waals surface area contributed by atoms with Crippen molar-refractivity contribution < 1.29 is 14.4 Å². The van der Waals surface area contributed by atoms with Crippen molar-refractivity contribution in [1.82, 2.24) is 0 Å². The maximum Gasteiger partial charge on any atom is 0.248 e. The maximum absolute atomic E-state index is 12.8. The molecule has 3 aromatic rings. The zero-order valence-corrected chi connectivity index (χ0v) is 19.9. The number of carbonyl (C=O) groups is 3. The van der Waals surface area contributed by atoms with Gasteiger partial charge in [0.25, 0.3) is 0 Å². The summed E-state index contributed by atoms with van der Waals surface area (Å²) in [4.78, 5) is 37.1. The van der Waals surface area contributed by atoms with Crippen LogP contribution in [0, 0.1) is 0 Å². The van der Waals surface area contributed by atoms with Gasteiger partial charge in [0, 0.05) is 35.0 Å². The van der Waals surface area contributed by atoms with Crippen LogP contribution in [-0.4, -0.2) is 23.0 Å². The van der Waals surface area contributed by atoms with Crippen LogP contribution in [0.2, 0.25) is 0 Å². The van der Waals surface area contributed by atoms with Crippen LogP contribution < -0.4 is 16.0 Å². The molecule has 0 saturated heterocycles. The van der Waals surface area contributed by atoms with Crippen molar-refractivity contribution in [2.45, 2.75) is 30.4 Å². The lowest BCUT2D eigenvalue weighted by atomic mass is 10.2. The van der Waals surface area contributed by atoms with Crippen LogP contribution in [0.5, 0.6) is 0 Å². The summed E-state index contributed by atoms with van der Waals surface area (Å²) in [6.45, 7) is 3.40. The lowest BCUT2D eigenvalue weighted by molar-refractivity contribution is -0.116. The van der Waals surface area contributed by atoms with Gasteiger partial charge in [0.15, 0.2) is 0 Å². The standard InChI is InChI=1S/C27H27N3O3S/c1-3-25(27(33)30-22-15-13-21(14-16-22)28-19(2)31)34-24-11-7-10-23(18-24)29-26(32)17-12-20-8-5-4-6-9-20/h4-18,25H,3H2,1-2H3,(H,28,31)(H,29,32)(H,30,33)/b17-12+. The second kappa shape index (κ2) is 12.4. The molecule has 3 rings (SSSR count). The average Bonchev–Trinajstić information content (AvgIpc) is 2.83. The fourth-order valence-corrected chi connectivity index (χ4v) is 4.13. The smallest absolute Gasteiger partial charge is 0.248 e. The van der Waals surface area contributed by atoms with E-state index in [1.165, 1.54) is 24.8 Å². The summed E-state index contributed by atoms with van der Waals surface area (Å²) in [6.07, 6.45) is 3.89. The molecule has 34 heavy (non-hydrogen) atoms. The molecular weight excluding hydrogens is 446 g/mol. The molecule has 0 bridgehead atoms. The van der Waals surface area contributed by atoms with E-state index < -0.39 is 0 Å². The van der Waals surface area contributed by atoms with Crippen LogP contribution in [-0.2, 0) is 14.4 Å². The lowest BCUT2D eigenvalue weighted by Crippen LogP contribution is -2.24. The molecule has 1 atom stereocenters. The number of benzene rings is 3. The minimum atomic E-state index is -0.307. The Balaban J connectivity index is 1.58. The van der Waals surface area contributed by atoms with E-state index in [0.29, 0.717) is 23.5 Å². The summed E-state index contributed by atoms with van der Waals surface area (Å²) in [5.41, 5.74) is 2.94. The van der Waals surface area contributed by atoms with Crippen molar-refractivity contribution in [2.75, 3.05) is 16.0 Å². The third-order valence-electron chi connectivity index (χ3n) is 4.74. The lowest BCUT2D eigenvalue weighted by Gasteiger charge is -2.15. The van der Waals surface area contributed by atoms with Gasteiger partial charge in [-0.2, -0.15) is 0 Å². The van der Waals surface area contributed by atoms with E-state index in [-0.39, 0.29) is 23.0 Å². The van der Waals surface area contributed by atoms with Gasteiger partial charge in [0.1, 0.15) is 0 Å². The zero-order chi connectivity index (χ0) is 24.3. The molecule has 0 aliphatic carbocycles. The minimum Gasteiger partial charge on any atom is -0.326 e. The van der Waals surface area contributed by atoms with Crippen molar-refractivity contribution >= 4 is 52.6 Å². The number of carbonyl (C=O) groups excluding carboxylic acids is 3. The summed E-state index contributed by atoms with van der Waals surface area (Å²) in [7, 11) is 0. The summed E-state index contributed by atoms with van der Waals surface area (Å²) in [5, 5.41) is 8.17. The summed E-state index contributed by atoms with van der Waals surface area (Å²) in [5.74, 6) is -0.483. The second-order valence-corrected chi connectivity index (χ2v) is 8.80. The second-order valence-electron chi connectivity index (χ2n) is 7.52. The van der Waals surface area contributed by atoms with E-state index in [1.807, 2.05) is 61.5 Å². The van der Waals surface area contributed by atoms with Crippen molar-refractivity contribution in [1.29, 1.82) is 0 Å². The maximum atomic E-state index is 12.8. The molecule has 0 heterocycles. The van der Waals surface area contributed by atoms with Crippen molar-refractivity contribution in [3.63, 3.8) is 0 Å². The predicted octanol–water partition coefficient (Wildman–Crippen LogP) is 5.81. The van der Waals surface area contributed by atoms with Gasteiger partial charge in [0.05, 0.1) is 5.25 Å². The van der Waals surface area contributed by atoms with Gasteiger partial charge in [-0.3, -0.25) is 14.4 Å². The van der Waals surface area contributed by atoms with Crippen LogP contribution in [0.3, 0.4) is 0 Å². The molecule has 0 saturated carbocycles. The first kappa shape index (κ1) is 24.8. The molecule has 0 radical (unpaired) electrons. The number of rotatable bonds is 9. The fourth-order valence-electron chi connectivity index (χ4n) is 3.12. The molecule has 6 nitrogen and oxygen atoms in total. The van der Waals surface area contributed by atoms with Crippen LogP contribution >= 0.6 is 11.8 Å². The highest BCUT2D eigenvalue weighted by molar-refractivity contribution is 8.00. The molecule has 0 aliphatic heterocycles. The molecule has 174 valence electrons. The van der Waals surface area contributed by atoms with Gasteiger partial charge in [-0.15, -0.1) is 11.8 Å². The van der Waals surface area contributed by atoms with Gasteiger partial charge >= 0.3 is 0 Å². The van der Waals surface area contributed by atoms with Gasteiger partial charge in [-0.1, -0.05) is 43.3 Å². The fraction of sp³-hybridized carbons (Fsp3) is 0.148. The number of amides is 3. The van der Waals surface area contributed by atoms with Crippen molar-refractivity contribution in [3.05, 3.63) is 90.5 Å².